The van der Waals surface area contributed by atoms with Crippen molar-refractivity contribution in [2.75, 3.05) is 54.6 Å². The van der Waals surface area contributed by atoms with Crippen LogP contribution in [-0.2, 0) is 6.42 Å². The zero-order valence-electron chi connectivity index (χ0n) is 19.7. The Balaban J connectivity index is 0.00000841. The van der Waals surface area contributed by atoms with Crippen LogP contribution in [-0.4, -0.2) is 71.5 Å². The Hall–Kier alpha value is -1.42. The molecule has 1 atom stereocenters. The molecule has 30 heavy (non-hydrogen) atoms. The number of nitrogens with zero attached hydrogens (tertiary/aromatic N) is 2. The third-order valence-electron chi connectivity index (χ3n) is 5.09. The molecule has 0 aliphatic rings. The van der Waals surface area contributed by atoms with Crippen molar-refractivity contribution in [2.45, 2.75) is 46.1 Å². The minimum absolute atomic E-state index is 0. The number of rotatable bonds is 13. The smallest absolute Gasteiger partial charge is 0.203 e. The largest absolute Gasteiger partial charge is 0.493 e. The van der Waals surface area contributed by atoms with Crippen molar-refractivity contribution in [2.24, 2.45) is 4.99 Å². The highest BCUT2D eigenvalue weighted by molar-refractivity contribution is 14.0. The van der Waals surface area contributed by atoms with Crippen LogP contribution in [0.1, 0.15) is 39.2 Å². The first-order valence-corrected chi connectivity index (χ1v) is 10.5. The Morgan fingerprint density at radius 1 is 1.07 bits per heavy atom. The molecule has 0 radical (unpaired) electrons. The van der Waals surface area contributed by atoms with Crippen molar-refractivity contribution in [3.05, 3.63) is 17.7 Å². The average molecular weight is 536 g/mol. The number of methoxy groups -OCH3 is 3. The molecule has 0 bridgehead atoms. The van der Waals surface area contributed by atoms with Gasteiger partial charge in [0.2, 0.25) is 5.75 Å². The van der Waals surface area contributed by atoms with Gasteiger partial charge in [0.05, 0.1) is 21.3 Å². The van der Waals surface area contributed by atoms with E-state index >= 15 is 0 Å². The predicted molar refractivity (Wildman–Crippen MR) is 136 cm³/mol. The van der Waals surface area contributed by atoms with Gasteiger partial charge in [-0.3, -0.25) is 4.99 Å². The molecular formula is C22H41IN4O3. The molecule has 0 heterocycles. The predicted octanol–water partition coefficient (Wildman–Crippen LogP) is 3.55. The first-order valence-electron chi connectivity index (χ1n) is 10.5. The second-order valence-electron chi connectivity index (χ2n) is 6.96. The molecule has 174 valence electrons. The maximum absolute atomic E-state index is 5.56. The monoisotopic (exact) mass is 536 g/mol. The van der Waals surface area contributed by atoms with E-state index in [0.717, 1.165) is 50.5 Å². The van der Waals surface area contributed by atoms with Crippen LogP contribution in [0.15, 0.2) is 17.1 Å². The van der Waals surface area contributed by atoms with Crippen LogP contribution >= 0.6 is 24.0 Å². The number of ether oxygens (including phenoxy) is 3. The van der Waals surface area contributed by atoms with Gasteiger partial charge in [-0.25, -0.2) is 0 Å². The Morgan fingerprint density at radius 2 is 1.73 bits per heavy atom. The van der Waals surface area contributed by atoms with E-state index < -0.39 is 0 Å². The van der Waals surface area contributed by atoms with Crippen LogP contribution in [0, 0.1) is 0 Å². The van der Waals surface area contributed by atoms with Gasteiger partial charge in [0.15, 0.2) is 17.5 Å². The molecule has 0 fully saturated rings. The van der Waals surface area contributed by atoms with Crippen molar-refractivity contribution >= 4 is 29.9 Å². The van der Waals surface area contributed by atoms with Crippen LogP contribution in [0.5, 0.6) is 17.2 Å². The molecule has 0 aromatic heterocycles. The van der Waals surface area contributed by atoms with Gasteiger partial charge in [0.25, 0.3) is 0 Å². The molecule has 1 rings (SSSR count). The Kier molecular flexibility index (Phi) is 15.5. The first-order chi connectivity index (χ1) is 14.0. The molecule has 8 heteroatoms. The topological polar surface area (TPSA) is 67.4 Å². The lowest BCUT2D eigenvalue weighted by Gasteiger charge is -2.21. The minimum atomic E-state index is 0. The molecule has 0 aliphatic heterocycles. The lowest BCUT2D eigenvalue weighted by Crippen LogP contribution is -2.43. The molecule has 0 aliphatic carbocycles. The number of aliphatic imine (C=N–C) groups is 1. The highest BCUT2D eigenvalue weighted by Crippen LogP contribution is 2.39. The lowest BCUT2D eigenvalue weighted by molar-refractivity contribution is 0.292. The standard InChI is InChI=1S/C22H40N4O3.HI/c1-8-26(9-2)16-10-11-17(3)25-22(23-4)24-15-14-18-12-13-19(27-5)21(29-7)20(18)28-6;/h12-13,17H,8-11,14-16H2,1-7H3,(H2,23,24,25);1H. The van der Waals surface area contributed by atoms with Gasteiger partial charge in [-0.1, -0.05) is 19.9 Å². The highest BCUT2D eigenvalue weighted by atomic mass is 127. The third-order valence-corrected chi connectivity index (χ3v) is 5.09. The summed E-state index contributed by atoms with van der Waals surface area (Å²) in [5.41, 5.74) is 1.06. The van der Waals surface area contributed by atoms with E-state index in [0.29, 0.717) is 23.3 Å². The summed E-state index contributed by atoms with van der Waals surface area (Å²) in [6, 6.07) is 4.28. The zero-order valence-corrected chi connectivity index (χ0v) is 22.0. The summed E-state index contributed by atoms with van der Waals surface area (Å²) in [5, 5.41) is 6.87. The van der Waals surface area contributed by atoms with Crippen molar-refractivity contribution in [1.29, 1.82) is 0 Å². The summed E-state index contributed by atoms with van der Waals surface area (Å²) in [4.78, 5) is 6.80. The quantitative estimate of drug-likeness (QED) is 0.229. The molecule has 1 unspecified atom stereocenters. The second-order valence-corrected chi connectivity index (χ2v) is 6.96. The van der Waals surface area contributed by atoms with Crippen molar-refractivity contribution in [3.63, 3.8) is 0 Å². The van der Waals surface area contributed by atoms with E-state index in [1.165, 1.54) is 6.42 Å². The number of benzene rings is 1. The van der Waals surface area contributed by atoms with Crippen LogP contribution in [0.2, 0.25) is 0 Å². The number of halogens is 1. The number of guanidine groups is 1. The molecule has 0 amide bonds. The molecule has 0 saturated heterocycles. The minimum Gasteiger partial charge on any atom is -0.493 e. The van der Waals surface area contributed by atoms with Gasteiger partial charge >= 0.3 is 0 Å². The average Bonchev–Trinajstić information content (AvgIpc) is 2.75. The van der Waals surface area contributed by atoms with Crippen molar-refractivity contribution in [1.82, 2.24) is 15.5 Å². The summed E-state index contributed by atoms with van der Waals surface area (Å²) in [5.74, 6) is 2.81. The molecule has 7 nitrogen and oxygen atoms in total. The normalized spacial score (nSPS) is 12.2. The fourth-order valence-corrected chi connectivity index (χ4v) is 3.34. The number of hydrogen-bond donors (Lipinski definition) is 2. The van der Waals surface area contributed by atoms with E-state index in [9.17, 15) is 0 Å². The SMILES string of the molecule is CCN(CC)CCCC(C)NC(=NC)NCCc1ccc(OC)c(OC)c1OC.I. The van der Waals surface area contributed by atoms with Gasteiger partial charge < -0.3 is 29.7 Å². The Morgan fingerprint density at radius 3 is 2.27 bits per heavy atom. The highest BCUT2D eigenvalue weighted by Gasteiger charge is 2.15. The lowest BCUT2D eigenvalue weighted by atomic mass is 10.1. The van der Waals surface area contributed by atoms with Crippen molar-refractivity contribution in [3.8, 4) is 17.2 Å². The van der Waals surface area contributed by atoms with Gasteiger partial charge in [0.1, 0.15) is 0 Å². The van der Waals surface area contributed by atoms with E-state index in [4.69, 9.17) is 14.2 Å². The summed E-state index contributed by atoms with van der Waals surface area (Å²) in [7, 11) is 6.69. The van der Waals surface area contributed by atoms with Gasteiger partial charge in [-0.15, -0.1) is 24.0 Å². The molecule has 0 spiro atoms. The summed E-state index contributed by atoms with van der Waals surface area (Å²) in [6.07, 6.45) is 3.07. The molecular weight excluding hydrogens is 495 g/mol. The van der Waals surface area contributed by atoms with Gasteiger partial charge in [-0.2, -0.15) is 0 Å². The van der Waals surface area contributed by atoms with E-state index in [-0.39, 0.29) is 24.0 Å². The van der Waals surface area contributed by atoms with E-state index in [2.05, 4.69) is 41.3 Å². The van der Waals surface area contributed by atoms with Crippen LogP contribution in [0.3, 0.4) is 0 Å². The molecule has 0 saturated carbocycles. The van der Waals surface area contributed by atoms with E-state index in [1.54, 1.807) is 28.4 Å². The van der Waals surface area contributed by atoms with Gasteiger partial charge in [-0.05, 0) is 51.9 Å². The summed E-state index contributed by atoms with van der Waals surface area (Å²) < 4.78 is 16.4. The third kappa shape index (κ3) is 9.16. The fourth-order valence-electron chi connectivity index (χ4n) is 3.34. The van der Waals surface area contributed by atoms with Crippen LogP contribution < -0.4 is 24.8 Å². The van der Waals surface area contributed by atoms with E-state index in [1.807, 2.05) is 12.1 Å². The Bertz CT molecular complexity index is 625. The van der Waals surface area contributed by atoms with Crippen molar-refractivity contribution < 1.29 is 14.2 Å². The first kappa shape index (κ1) is 28.6. The molecule has 2 N–H and O–H groups in total. The fraction of sp³-hybridized carbons (Fsp3) is 0.682. The summed E-state index contributed by atoms with van der Waals surface area (Å²) in [6.45, 7) is 10.7. The van der Waals surface area contributed by atoms with Crippen LogP contribution in [0.4, 0.5) is 0 Å². The maximum Gasteiger partial charge on any atom is 0.203 e. The zero-order chi connectivity index (χ0) is 21.6. The summed E-state index contributed by atoms with van der Waals surface area (Å²) >= 11 is 0. The Labute approximate surface area is 200 Å². The number of hydrogen-bond acceptors (Lipinski definition) is 5. The second kappa shape index (κ2) is 16.3. The maximum atomic E-state index is 5.56. The van der Waals surface area contributed by atoms with Crippen LogP contribution in [0.25, 0.3) is 0 Å². The number of nitrogens with one attached hydrogen (secondary N) is 2. The molecule has 1 aromatic rings. The van der Waals surface area contributed by atoms with Gasteiger partial charge in [0, 0.05) is 25.2 Å². The molecule has 1 aromatic carbocycles.